The van der Waals surface area contributed by atoms with Gasteiger partial charge in [-0.1, -0.05) is 25.5 Å². The topological polar surface area (TPSA) is 113 Å². The highest BCUT2D eigenvalue weighted by Gasteiger charge is 2.46. The first-order chi connectivity index (χ1) is 17.1. The Balaban J connectivity index is 2.07. The van der Waals surface area contributed by atoms with Crippen LogP contribution in [0.5, 0.6) is 5.75 Å². The third-order valence-electron chi connectivity index (χ3n) is 6.14. The minimum Gasteiger partial charge on any atom is -0.507 e. The van der Waals surface area contributed by atoms with E-state index in [2.05, 4.69) is 6.92 Å². The van der Waals surface area contributed by atoms with E-state index in [-0.39, 0.29) is 23.6 Å². The van der Waals surface area contributed by atoms with Gasteiger partial charge in [-0.15, -0.1) is 0 Å². The first-order valence-corrected chi connectivity index (χ1v) is 12.1. The van der Waals surface area contributed by atoms with E-state index in [4.69, 9.17) is 4.74 Å². The number of nitro benzene ring substituents is 1. The second kappa shape index (κ2) is 11.8. The van der Waals surface area contributed by atoms with Crippen LogP contribution in [0.25, 0.3) is 5.76 Å². The number of nitro groups is 1. The van der Waals surface area contributed by atoms with Crippen LogP contribution in [0.2, 0.25) is 0 Å². The van der Waals surface area contributed by atoms with Gasteiger partial charge in [-0.2, -0.15) is 0 Å². The zero-order chi connectivity index (χ0) is 26.4. The maximum Gasteiger partial charge on any atom is 0.295 e. The summed E-state index contributed by atoms with van der Waals surface area (Å²) in [7, 11) is 3.81. The van der Waals surface area contributed by atoms with Crippen LogP contribution in [0.1, 0.15) is 48.9 Å². The van der Waals surface area contributed by atoms with E-state index in [9.17, 15) is 24.8 Å². The number of ketones is 1. The van der Waals surface area contributed by atoms with Crippen molar-refractivity contribution >= 4 is 23.1 Å². The molecule has 1 atom stereocenters. The molecule has 9 heteroatoms. The number of ether oxygens (including phenoxy) is 1. The number of carbonyl (C=O) groups is 2. The lowest BCUT2D eigenvalue weighted by Crippen LogP contribution is -2.32. The summed E-state index contributed by atoms with van der Waals surface area (Å²) in [4.78, 5) is 40.5. The van der Waals surface area contributed by atoms with E-state index >= 15 is 0 Å². The number of carbonyl (C=O) groups excluding carboxylic acids is 2. The van der Waals surface area contributed by atoms with Gasteiger partial charge in [0.1, 0.15) is 11.5 Å². The van der Waals surface area contributed by atoms with Crippen molar-refractivity contribution in [2.75, 3.05) is 33.8 Å². The zero-order valence-electron chi connectivity index (χ0n) is 21.2. The number of hydrogen-bond acceptors (Lipinski definition) is 7. The molecule has 1 aliphatic heterocycles. The number of unbranched alkanes of at least 4 members (excludes halogenated alkanes) is 1. The highest BCUT2D eigenvalue weighted by atomic mass is 16.6. The van der Waals surface area contributed by atoms with Crippen LogP contribution in [0.4, 0.5) is 5.69 Å². The summed E-state index contributed by atoms with van der Waals surface area (Å²) in [5.41, 5.74) is 1.31. The predicted octanol–water partition coefficient (Wildman–Crippen LogP) is 4.46. The molecular weight excluding hydrogens is 462 g/mol. The zero-order valence-corrected chi connectivity index (χ0v) is 21.2. The molecule has 2 aromatic rings. The Labute approximate surface area is 211 Å². The van der Waals surface area contributed by atoms with E-state index in [1.807, 2.05) is 25.9 Å². The molecule has 0 saturated carbocycles. The predicted molar refractivity (Wildman–Crippen MR) is 137 cm³/mol. The summed E-state index contributed by atoms with van der Waals surface area (Å²) in [6, 6.07) is 9.99. The van der Waals surface area contributed by atoms with Gasteiger partial charge < -0.3 is 19.6 Å². The molecule has 1 aliphatic rings. The molecular formula is C27H33N3O6. The van der Waals surface area contributed by atoms with E-state index in [1.165, 1.54) is 23.1 Å². The summed E-state index contributed by atoms with van der Waals surface area (Å²) < 4.78 is 5.79. The normalized spacial score (nSPS) is 17.1. The fraction of sp³-hybridized carbons (Fsp3) is 0.407. The van der Waals surface area contributed by atoms with Crippen molar-refractivity contribution in [1.29, 1.82) is 0 Å². The Morgan fingerprint density at radius 2 is 1.92 bits per heavy atom. The SMILES string of the molecule is CCCCOc1ccc(/C(O)=C2\C(=O)C(=O)N(CCCN(C)C)[C@@H]2c2cccc([N+](=O)[O-])c2)cc1C. The van der Waals surface area contributed by atoms with Crippen LogP contribution < -0.4 is 4.74 Å². The summed E-state index contributed by atoms with van der Waals surface area (Å²) in [6.07, 6.45) is 2.51. The number of nitrogens with zero attached hydrogens (tertiary/aromatic N) is 3. The van der Waals surface area contributed by atoms with Crippen molar-refractivity contribution in [2.24, 2.45) is 0 Å². The largest absolute Gasteiger partial charge is 0.507 e. The molecule has 0 aromatic heterocycles. The van der Waals surface area contributed by atoms with Gasteiger partial charge >= 0.3 is 0 Å². The third kappa shape index (κ3) is 5.91. The molecule has 0 aliphatic carbocycles. The highest BCUT2D eigenvalue weighted by Crippen LogP contribution is 2.40. The molecule has 0 radical (unpaired) electrons. The molecule has 3 rings (SSSR count). The standard InChI is InChI=1S/C27H33N3O6/c1-5-6-15-36-22-12-11-20(16-18(22)2)25(31)23-24(19-9-7-10-21(17-19)30(34)35)29(27(33)26(23)32)14-8-13-28(3)4/h7,9-12,16-17,24,31H,5-6,8,13-15H2,1-4H3/b25-23+/t24-/m1/s1. The first-order valence-electron chi connectivity index (χ1n) is 12.1. The summed E-state index contributed by atoms with van der Waals surface area (Å²) in [5, 5.41) is 22.7. The molecule has 0 unspecified atom stereocenters. The second-order valence-electron chi connectivity index (χ2n) is 9.18. The molecule has 1 amide bonds. The maximum absolute atomic E-state index is 13.2. The molecule has 0 spiro atoms. The molecule has 1 saturated heterocycles. The maximum atomic E-state index is 13.2. The van der Waals surface area contributed by atoms with E-state index in [0.717, 1.165) is 18.4 Å². The van der Waals surface area contributed by atoms with Gasteiger partial charge in [0, 0.05) is 24.2 Å². The lowest BCUT2D eigenvalue weighted by molar-refractivity contribution is -0.384. The van der Waals surface area contributed by atoms with Crippen LogP contribution >= 0.6 is 0 Å². The summed E-state index contributed by atoms with van der Waals surface area (Å²) in [5.74, 6) is -1.18. The van der Waals surface area contributed by atoms with Gasteiger partial charge in [0.15, 0.2) is 0 Å². The number of aliphatic hydroxyl groups is 1. The van der Waals surface area contributed by atoms with Gasteiger partial charge in [0.25, 0.3) is 17.4 Å². The summed E-state index contributed by atoms with van der Waals surface area (Å²) in [6.45, 7) is 5.44. The van der Waals surface area contributed by atoms with Crippen molar-refractivity contribution in [3.8, 4) is 5.75 Å². The Bertz CT molecular complexity index is 1170. The number of aliphatic hydroxyl groups excluding tert-OH is 1. The lowest BCUT2D eigenvalue weighted by Gasteiger charge is -2.26. The van der Waals surface area contributed by atoms with Crippen LogP contribution in [0.15, 0.2) is 48.0 Å². The van der Waals surface area contributed by atoms with Crippen LogP contribution in [0, 0.1) is 17.0 Å². The van der Waals surface area contributed by atoms with Gasteiger partial charge in [0.05, 0.1) is 23.1 Å². The lowest BCUT2D eigenvalue weighted by atomic mass is 9.94. The minimum atomic E-state index is -0.937. The molecule has 2 aromatic carbocycles. The molecule has 1 fully saturated rings. The van der Waals surface area contributed by atoms with Crippen molar-refractivity contribution in [2.45, 2.75) is 39.2 Å². The van der Waals surface area contributed by atoms with E-state index in [1.54, 1.807) is 24.3 Å². The minimum absolute atomic E-state index is 0.0793. The average molecular weight is 496 g/mol. The number of Topliss-reactive ketones (excluding diaryl/α,β-unsaturated/α-hetero) is 1. The van der Waals surface area contributed by atoms with Crippen molar-refractivity contribution in [1.82, 2.24) is 9.80 Å². The average Bonchev–Trinajstić information content (AvgIpc) is 3.09. The number of likely N-dealkylation sites (tertiary alicyclic amines) is 1. The van der Waals surface area contributed by atoms with Crippen molar-refractivity contribution in [3.63, 3.8) is 0 Å². The van der Waals surface area contributed by atoms with Crippen LogP contribution in [-0.2, 0) is 9.59 Å². The highest BCUT2D eigenvalue weighted by molar-refractivity contribution is 6.46. The molecule has 192 valence electrons. The van der Waals surface area contributed by atoms with Crippen molar-refractivity contribution < 1.29 is 24.4 Å². The molecule has 1 N–H and O–H groups in total. The smallest absolute Gasteiger partial charge is 0.295 e. The van der Waals surface area contributed by atoms with E-state index < -0.39 is 22.7 Å². The van der Waals surface area contributed by atoms with Crippen LogP contribution in [-0.4, -0.2) is 65.3 Å². The van der Waals surface area contributed by atoms with Crippen molar-refractivity contribution in [3.05, 3.63) is 74.8 Å². The van der Waals surface area contributed by atoms with E-state index in [0.29, 0.717) is 36.4 Å². The van der Waals surface area contributed by atoms with Gasteiger partial charge in [-0.05, 0) is 69.7 Å². The van der Waals surface area contributed by atoms with Gasteiger partial charge in [-0.3, -0.25) is 19.7 Å². The van der Waals surface area contributed by atoms with Crippen LogP contribution in [0.3, 0.4) is 0 Å². The Kier molecular flexibility index (Phi) is 8.82. The number of rotatable bonds is 11. The Morgan fingerprint density at radius 1 is 1.17 bits per heavy atom. The Morgan fingerprint density at radius 3 is 2.56 bits per heavy atom. The van der Waals surface area contributed by atoms with Gasteiger partial charge in [-0.25, -0.2) is 0 Å². The van der Waals surface area contributed by atoms with Gasteiger partial charge in [0.2, 0.25) is 0 Å². The quantitative estimate of drug-likeness (QED) is 0.122. The molecule has 36 heavy (non-hydrogen) atoms. The first kappa shape index (κ1) is 26.9. The third-order valence-corrected chi connectivity index (χ3v) is 6.14. The molecule has 1 heterocycles. The number of aryl methyl sites for hydroxylation is 1. The number of benzene rings is 2. The fourth-order valence-electron chi connectivity index (χ4n) is 4.26. The number of non-ortho nitro benzene ring substituents is 1. The second-order valence-corrected chi connectivity index (χ2v) is 9.18. The number of hydrogen-bond donors (Lipinski definition) is 1. The molecule has 9 nitrogen and oxygen atoms in total. The Hall–Kier alpha value is -3.72. The number of amides is 1. The monoisotopic (exact) mass is 495 g/mol. The fourth-order valence-corrected chi connectivity index (χ4v) is 4.26. The molecule has 0 bridgehead atoms. The summed E-state index contributed by atoms with van der Waals surface area (Å²) >= 11 is 0.